The highest BCUT2D eigenvalue weighted by atomic mass is 32.2. The van der Waals surface area contributed by atoms with Crippen LogP contribution in [-0.4, -0.2) is 37.0 Å². The highest BCUT2D eigenvalue weighted by Gasteiger charge is 2.22. The van der Waals surface area contributed by atoms with Gasteiger partial charge in [-0.25, -0.2) is 0 Å². The molecule has 0 unspecified atom stereocenters. The average molecular weight is 312 g/mol. The minimum atomic E-state index is 0.184. The maximum absolute atomic E-state index is 8.69. The molecule has 1 aliphatic heterocycles. The zero-order valence-corrected chi connectivity index (χ0v) is 13.6. The summed E-state index contributed by atoms with van der Waals surface area (Å²) in [5.41, 5.74) is 1.45. The number of hydrogen-bond donors (Lipinski definition) is 0. The van der Waals surface area contributed by atoms with Crippen LogP contribution < -0.4 is 4.90 Å². The normalized spacial score (nSPS) is 15.6. The van der Waals surface area contributed by atoms with E-state index in [1.165, 1.54) is 17.4 Å². The molecule has 0 atom stereocenters. The fraction of sp³-hybridized carbons (Fsp3) is 0.412. The molecule has 0 aromatic heterocycles. The van der Waals surface area contributed by atoms with Crippen molar-refractivity contribution in [2.75, 3.05) is 30.9 Å². The van der Waals surface area contributed by atoms with Gasteiger partial charge in [0.25, 0.3) is 0 Å². The van der Waals surface area contributed by atoms with E-state index in [1.54, 1.807) is 5.41 Å². The summed E-state index contributed by atoms with van der Waals surface area (Å²) in [4.78, 5) is 4.75. The molecular weight excluding hydrogens is 292 g/mol. The fourth-order valence-electron chi connectivity index (χ4n) is 2.61. The molecule has 1 aliphatic rings. The van der Waals surface area contributed by atoms with Crippen LogP contribution in [0.25, 0.3) is 0 Å². The van der Waals surface area contributed by atoms with Gasteiger partial charge in [0.15, 0.2) is 0 Å². The summed E-state index contributed by atoms with van der Waals surface area (Å²) in [7, 11) is 2.17. The Labute approximate surface area is 136 Å². The second-order valence-corrected chi connectivity index (χ2v) is 6.17. The summed E-state index contributed by atoms with van der Waals surface area (Å²) in [5.74, 6) is 0.842. The molecule has 0 radical (unpaired) electrons. The number of piperidine rings is 1. The van der Waals surface area contributed by atoms with Crippen molar-refractivity contribution in [3.05, 3.63) is 41.3 Å². The number of nitrogens with zero attached hydrogens (tertiary/aromatic N) is 4. The third-order valence-corrected chi connectivity index (χ3v) is 4.88. The minimum Gasteiger partial charge on any atom is -0.372 e. The summed E-state index contributed by atoms with van der Waals surface area (Å²) in [6.07, 6.45) is 2.28. The first-order valence-corrected chi connectivity index (χ1v) is 8.41. The van der Waals surface area contributed by atoms with Crippen molar-refractivity contribution in [2.45, 2.75) is 18.9 Å². The monoisotopic (exact) mass is 312 g/mol. The number of hydrogen-bond acceptors (Lipinski definition) is 5. The summed E-state index contributed by atoms with van der Waals surface area (Å²) in [5, 5.41) is 19.0. The first-order valence-electron chi connectivity index (χ1n) is 7.37. The standard InChI is InChI=1S/C17H20N4S/c1-20(16-5-3-2-4-6-16)17-7-9-21(10-8-17)14-22-13-15(11-18)12-19/h2-6,13,17H,7-10,14H2,1H3. The van der Waals surface area contributed by atoms with E-state index in [1.807, 2.05) is 18.2 Å². The maximum atomic E-state index is 8.69. The molecule has 1 aromatic rings. The minimum absolute atomic E-state index is 0.184. The molecule has 0 amide bonds. The van der Waals surface area contributed by atoms with E-state index in [4.69, 9.17) is 10.5 Å². The highest BCUT2D eigenvalue weighted by molar-refractivity contribution is 8.02. The number of benzene rings is 1. The van der Waals surface area contributed by atoms with E-state index in [0.717, 1.165) is 31.8 Å². The van der Waals surface area contributed by atoms with Crippen molar-refractivity contribution in [3.8, 4) is 12.1 Å². The third-order valence-electron chi connectivity index (χ3n) is 3.97. The van der Waals surface area contributed by atoms with E-state index < -0.39 is 0 Å². The lowest BCUT2D eigenvalue weighted by atomic mass is 10.0. The SMILES string of the molecule is CN(c1ccccc1)C1CCN(CSC=C(C#N)C#N)CC1. The molecule has 114 valence electrons. The number of para-hydroxylation sites is 1. The maximum Gasteiger partial charge on any atom is 0.135 e. The molecule has 1 saturated heterocycles. The molecule has 1 fully saturated rings. The summed E-state index contributed by atoms with van der Waals surface area (Å²) in [6.45, 7) is 2.11. The predicted molar refractivity (Wildman–Crippen MR) is 91.2 cm³/mol. The van der Waals surface area contributed by atoms with Crippen LogP contribution in [0.1, 0.15) is 12.8 Å². The molecule has 0 bridgehead atoms. The Morgan fingerprint density at radius 3 is 2.50 bits per heavy atom. The van der Waals surface area contributed by atoms with Crippen LogP contribution in [-0.2, 0) is 0 Å². The molecular formula is C17H20N4S. The average Bonchev–Trinajstić information content (AvgIpc) is 2.59. The van der Waals surface area contributed by atoms with Crippen molar-refractivity contribution < 1.29 is 0 Å². The lowest BCUT2D eigenvalue weighted by Gasteiger charge is -2.37. The molecule has 4 nitrogen and oxygen atoms in total. The van der Waals surface area contributed by atoms with Gasteiger partial charge in [-0.3, -0.25) is 4.90 Å². The van der Waals surface area contributed by atoms with E-state index in [9.17, 15) is 0 Å². The van der Waals surface area contributed by atoms with Crippen LogP contribution in [0.15, 0.2) is 41.3 Å². The number of thioether (sulfide) groups is 1. The number of rotatable bonds is 5. The van der Waals surface area contributed by atoms with E-state index in [-0.39, 0.29) is 5.57 Å². The van der Waals surface area contributed by atoms with Gasteiger partial charge in [-0.2, -0.15) is 10.5 Å². The second kappa shape index (κ2) is 8.48. The van der Waals surface area contributed by atoms with Gasteiger partial charge in [-0.05, 0) is 25.0 Å². The molecule has 0 spiro atoms. The van der Waals surface area contributed by atoms with Gasteiger partial charge in [0.1, 0.15) is 17.7 Å². The van der Waals surface area contributed by atoms with Gasteiger partial charge in [0.05, 0.1) is 0 Å². The first-order chi connectivity index (χ1) is 10.7. The van der Waals surface area contributed by atoms with E-state index >= 15 is 0 Å². The molecule has 22 heavy (non-hydrogen) atoms. The lowest BCUT2D eigenvalue weighted by Crippen LogP contribution is -2.43. The third kappa shape index (κ3) is 4.53. The van der Waals surface area contributed by atoms with Crippen LogP contribution in [0.2, 0.25) is 0 Å². The van der Waals surface area contributed by atoms with E-state index in [2.05, 4.69) is 41.1 Å². The summed E-state index contributed by atoms with van der Waals surface area (Å²) in [6, 6.07) is 14.8. The zero-order valence-electron chi connectivity index (χ0n) is 12.8. The second-order valence-electron chi connectivity index (χ2n) is 5.35. The van der Waals surface area contributed by atoms with Crippen molar-refractivity contribution >= 4 is 17.4 Å². The molecule has 1 aromatic carbocycles. The number of likely N-dealkylation sites (tertiary alicyclic amines) is 1. The number of anilines is 1. The van der Waals surface area contributed by atoms with Crippen LogP contribution in [0.4, 0.5) is 5.69 Å². The lowest BCUT2D eigenvalue weighted by molar-refractivity contribution is 0.244. The van der Waals surface area contributed by atoms with Crippen molar-refractivity contribution in [3.63, 3.8) is 0 Å². The molecule has 0 aliphatic carbocycles. The molecule has 0 saturated carbocycles. The molecule has 5 heteroatoms. The smallest absolute Gasteiger partial charge is 0.135 e. The molecule has 2 rings (SSSR count). The predicted octanol–water partition coefficient (Wildman–Crippen LogP) is 3.21. The Morgan fingerprint density at radius 1 is 1.27 bits per heavy atom. The van der Waals surface area contributed by atoms with Gasteiger partial charge < -0.3 is 4.90 Å². The Bertz CT molecular complexity index is 561. The molecule has 0 N–H and O–H groups in total. The van der Waals surface area contributed by atoms with Crippen LogP contribution in [0.3, 0.4) is 0 Å². The van der Waals surface area contributed by atoms with Crippen LogP contribution in [0, 0.1) is 22.7 Å². The largest absolute Gasteiger partial charge is 0.372 e. The number of allylic oxidation sites excluding steroid dienone is 1. The van der Waals surface area contributed by atoms with Crippen molar-refractivity contribution in [1.29, 1.82) is 10.5 Å². The first kappa shape index (κ1) is 16.4. The Morgan fingerprint density at radius 2 is 1.91 bits per heavy atom. The summed E-state index contributed by atoms with van der Waals surface area (Å²) >= 11 is 1.53. The fourth-order valence-corrected chi connectivity index (χ4v) is 3.43. The van der Waals surface area contributed by atoms with Gasteiger partial charge in [0, 0.05) is 43.2 Å². The van der Waals surface area contributed by atoms with E-state index in [0.29, 0.717) is 6.04 Å². The Balaban J connectivity index is 1.78. The van der Waals surface area contributed by atoms with Gasteiger partial charge in [0.2, 0.25) is 0 Å². The van der Waals surface area contributed by atoms with Crippen LogP contribution in [0.5, 0.6) is 0 Å². The number of nitriles is 2. The molecule has 1 heterocycles. The summed E-state index contributed by atoms with van der Waals surface area (Å²) < 4.78 is 0. The van der Waals surface area contributed by atoms with Crippen molar-refractivity contribution in [1.82, 2.24) is 4.90 Å². The highest BCUT2D eigenvalue weighted by Crippen LogP contribution is 2.23. The van der Waals surface area contributed by atoms with Crippen LogP contribution >= 0.6 is 11.8 Å². The van der Waals surface area contributed by atoms with Gasteiger partial charge >= 0.3 is 0 Å². The van der Waals surface area contributed by atoms with Crippen molar-refractivity contribution in [2.24, 2.45) is 0 Å². The Kier molecular flexibility index (Phi) is 6.33. The van der Waals surface area contributed by atoms with Gasteiger partial charge in [-0.15, -0.1) is 11.8 Å². The zero-order chi connectivity index (χ0) is 15.8. The Hall–Kier alpha value is -1.95. The topological polar surface area (TPSA) is 54.1 Å². The quantitative estimate of drug-likeness (QED) is 0.781. The van der Waals surface area contributed by atoms with Gasteiger partial charge in [-0.1, -0.05) is 18.2 Å².